The Morgan fingerprint density at radius 1 is 1.06 bits per heavy atom. The predicted octanol–water partition coefficient (Wildman–Crippen LogP) is 4.28. The molecule has 164 valence electrons. The molecule has 1 N–H and O–H groups in total. The number of nitrogens with one attached hydrogen (secondary N) is 1. The number of benzene rings is 2. The second-order valence-corrected chi connectivity index (χ2v) is 8.00. The second kappa shape index (κ2) is 9.09. The molecule has 2 aromatic carbocycles. The van der Waals surface area contributed by atoms with Crippen molar-refractivity contribution >= 4 is 16.8 Å². The first-order chi connectivity index (χ1) is 16.2. The predicted molar refractivity (Wildman–Crippen MR) is 120 cm³/mol. The molecule has 4 aromatic rings. The Labute approximate surface area is 190 Å². The van der Waals surface area contributed by atoms with Gasteiger partial charge in [-0.3, -0.25) is 4.79 Å². The highest BCUT2D eigenvalue weighted by atomic mass is 16.5. The number of fused-ring (bicyclic) bond motifs is 1. The highest BCUT2D eigenvalue weighted by Crippen LogP contribution is 2.29. The van der Waals surface area contributed by atoms with Crippen molar-refractivity contribution in [3.05, 3.63) is 72.2 Å². The molecule has 2 heterocycles. The molecule has 33 heavy (non-hydrogen) atoms. The Morgan fingerprint density at radius 3 is 2.64 bits per heavy atom. The van der Waals surface area contributed by atoms with Crippen molar-refractivity contribution in [1.29, 1.82) is 5.26 Å². The van der Waals surface area contributed by atoms with Crippen molar-refractivity contribution < 1.29 is 14.1 Å². The van der Waals surface area contributed by atoms with Gasteiger partial charge in [0, 0.05) is 29.6 Å². The third-order valence-electron chi connectivity index (χ3n) is 5.83. The van der Waals surface area contributed by atoms with Crippen LogP contribution < -0.4 is 10.1 Å². The lowest BCUT2D eigenvalue weighted by Crippen LogP contribution is -2.39. The van der Waals surface area contributed by atoms with E-state index in [1.54, 1.807) is 12.1 Å². The molecule has 5 rings (SSSR count). The summed E-state index contributed by atoms with van der Waals surface area (Å²) in [5.41, 5.74) is 2.38. The summed E-state index contributed by atoms with van der Waals surface area (Å²) in [7, 11) is 0. The number of aromatic nitrogens is 3. The van der Waals surface area contributed by atoms with Crippen LogP contribution in [0.3, 0.4) is 0 Å². The van der Waals surface area contributed by atoms with E-state index < -0.39 is 0 Å². The highest BCUT2D eigenvalue weighted by Gasteiger charge is 2.25. The summed E-state index contributed by atoms with van der Waals surface area (Å²) < 4.78 is 11.4. The van der Waals surface area contributed by atoms with Crippen LogP contribution in [0.15, 0.2) is 65.4 Å². The molecule has 0 atom stereocenters. The van der Waals surface area contributed by atoms with Gasteiger partial charge < -0.3 is 14.6 Å². The fourth-order valence-corrected chi connectivity index (χ4v) is 4.12. The first kappa shape index (κ1) is 20.6. The van der Waals surface area contributed by atoms with E-state index in [0.717, 1.165) is 36.6 Å². The molecule has 8 nitrogen and oxygen atoms in total. The van der Waals surface area contributed by atoms with Gasteiger partial charge in [-0.25, -0.2) is 9.97 Å². The van der Waals surface area contributed by atoms with Gasteiger partial charge in [0.05, 0.1) is 5.39 Å². The molecule has 0 saturated heterocycles. The third kappa shape index (κ3) is 4.39. The molecule has 1 amide bonds. The molecule has 0 aliphatic heterocycles. The van der Waals surface area contributed by atoms with E-state index in [-0.39, 0.29) is 29.6 Å². The first-order valence-electron chi connectivity index (χ1n) is 10.8. The van der Waals surface area contributed by atoms with Crippen LogP contribution in [0.2, 0.25) is 0 Å². The van der Waals surface area contributed by atoms with Crippen LogP contribution in [0, 0.1) is 11.3 Å². The van der Waals surface area contributed by atoms with Crippen molar-refractivity contribution in [2.45, 2.75) is 37.8 Å². The summed E-state index contributed by atoms with van der Waals surface area (Å²) in [6.45, 7) is 0. The van der Waals surface area contributed by atoms with E-state index in [4.69, 9.17) is 14.5 Å². The number of hydrogen-bond donors (Lipinski definition) is 1. The van der Waals surface area contributed by atoms with Gasteiger partial charge in [-0.15, -0.1) is 0 Å². The SMILES string of the molecule is N#Cc1nccnc1OC1CCC(NC(=O)c2ccc3noc(-c4ccccc4)c3c2)CC1. The Bertz CT molecular complexity index is 1320. The largest absolute Gasteiger partial charge is 0.472 e. The lowest BCUT2D eigenvalue weighted by molar-refractivity contribution is 0.0889. The number of rotatable bonds is 5. The minimum absolute atomic E-state index is 0.0521. The number of amides is 1. The zero-order valence-electron chi connectivity index (χ0n) is 17.8. The summed E-state index contributed by atoms with van der Waals surface area (Å²) in [4.78, 5) is 21.0. The number of carbonyl (C=O) groups is 1. The number of hydrogen-bond acceptors (Lipinski definition) is 7. The van der Waals surface area contributed by atoms with Gasteiger partial charge in [0.15, 0.2) is 5.76 Å². The van der Waals surface area contributed by atoms with E-state index in [1.807, 2.05) is 42.5 Å². The van der Waals surface area contributed by atoms with Crippen molar-refractivity contribution in [2.24, 2.45) is 0 Å². The van der Waals surface area contributed by atoms with Gasteiger partial charge in [0.2, 0.25) is 5.69 Å². The van der Waals surface area contributed by atoms with Crippen LogP contribution in [0.1, 0.15) is 41.7 Å². The van der Waals surface area contributed by atoms with Crippen LogP contribution in [-0.4, -0.2) is 33.2 Å². The molecule has 0 radical (unpaired) electrons. The minimum atomic E-state index is -0.123. The lowest BCUT2D eigenvalue weighted by atomic mass is 9.92. The van der Waals surface area contributed by atoms with Gasteiger partial charge in [-0.2, -0.15) is 5.26 Å². The Kier molecular flexibility index (Phi) is 5.68. The summed E-state index contributed by atoms with van der Waals surface area (Å²) in [6, 6.07) is 17.2. The molecule has 0 spiro atoms. The number of ether oxygens (including phenoxy) is 1. The Hall–Kier alpha value is -4.25. The lowest BCUT2D eigenvalue weighted by Gasteiger charge is -2.29. The zero-order chi connectivity index (χ0) is 22.6. The van der Waals surface area contributed by atoms with Gasteiger partial charge in [-0.05, 0) is 43.9 Å². The quantitative estimate of drug-likeness (QED) is 0.494. The van der Waals surface area contributed by atoms with Crippen LogP contribution >= 0.6 is 0 Å². The van der Waals surface area contributed by atoms with Crippen LogP contribution in [0.4, 0.5) is 0 Å². The minimum Gasteiger partial charge on any atom is -0.472 e. The normalized spacial score (nSPS) is 17.9. The smallest absolute Gasteiger partial charge is 0.251 e. The Morgan fingerprint density at radius 2 is 1.85 bits per heavy atom. The standard InChI is InChI=1S/C25H21N5O3/c26-15-22-25(28-13-12-27-22)32-19-9-7-18(8-10-19)29-24(31)17-6-11-21-20(14-17)23(33-30-21)16-4-2-1-3-5-16/h1-6,11-14,18-19H,7-10H2,(H,29,31). The van der Waals surface area contributed by atoms with Gasteiger partial charge >= 0.3 is 0 Å². The van der Waals surface area contributed by atoms with Crippen LogP contribution in [-0.2, 0) is 0 Å². The molecule has 0 unspecified atom stereocenters. The summed E-state index contributed by atoms with van der Waals surface area (Å²) >= 11 is 0. The zero-order valence-corrected chi connectivity index (χ0v) is 17.8. The maximum absolute atomic E-state index is 12.9. The fourth-order valence-electron chi connectivity index (χ4n) is 4.12. The van der Waals surface area contributed by atoms with Crippen LogP contribution in [0.25, 0.3) is 22.2 Å². The maximum Gasteiger partial charge on any atom is 0.251 e. The van der Waals surface area contributed by atoms with Crippen molar-refractivity contribution in [3.8, 4) is 23.3 Å². The van der Waals surface area contributed by atoms with E-state index in [2.05, 4.69) is 20.4 Å². The third-order valence-corrected chi connectivity index (χ3v) is 5.83. The van der Waals surface area contributed by atoms with Gasteiger partial charge in [0.1, 0.15) is 17.7 Å². The average molecular weight is 439 g/mol. The van der Waals surface area contributed by atoms with Gasteiger partial charge in [-0.1, -0.05) is 35.5 Å². The molecule has 1 aliphatic rings. The molecule has 1 fully saturated rings. The van der Waals surface area contributed by atoms with Crippen molar-refractivity contribution in [3.63, 3.8) is 0 Å². The molecule has 0 bridgehead atoms. The Balaban J connectivity index is 1.23. The molecular formula is C25H21N5O3. The molecule has 8 heteroatoms. The molecule has 1 saturated carbocycles. The van der Waals surface area contributed by atoms with E-state index in [0.29, 0.717) is 16.8 Å². The summed E-state index contributed by atoms with van der Waals surface area (Å²) in [5, 5.41) is 17.2. The second-order valence-electron chi connectivity index (χ2n) is 8.00. The topological polar surface area (TPSA) is 114 Å². The number of nitriles is 1. The van der Waals surface area contributed by atoms with Crippen LogP contribution in [0.5, 0.6) is 5.88 Å². The molecule has 2 aromatic heterocycles. The summed E-state index contributed by atoms with van der Waals surface area (Å²) in [6.07, 6.45) is 6.01. The molecular weight excluding hydrogens is 418 g/mol. The summed E-state index contributed by atoms with van der Waals surface area (Å²) in [5.74, 6) is 0.796. The fraction of sp³-hybridized carbons (Fsp3) is 0.240. The van der Waals surface area contributed by atoms with E-state index >= 15 is 0 Å². The molecule has 1 aliphatic carbocycles. The highest BCUT2D eigenvalue weighted by molar-refractivity contribution is 6.01. The number of carbonyl (C=O) groups excluding carboxylic acids is 1. The van der Waals surface area contributed by atoms with Crippen molar-refractivity contribution in [2.75, 3.05) is 0 Å². The monoisotopic (exact) mass is 439 g/mol. The van der Waals surface area contributed by atoms with E-state index in [1.165, 1.54) is 12.4 Å². The number of nitrogens with zero attached hydrogens (tertiary/aromatic N) is 4. The average Bonchev–Trinajstić information content (AvgIpc) is 3.29. The van der Waals surface area contributed by atoms with E-state index in [9.17, 15) is 4.79 Å². The van der Waals surface area contributed by atoms with Crippen molar-refractivity contribution in [1.82, 2.24) is 20.4 Å². The first-order valence-corrected chi connectivity index (χ1v) is 10.8. The van der Waals surface area contributed by atoms with Gasteiger partial charge in [0.25, 0.3) is 11.8 Å². The maximum atomic E-state index is 12.9.